The molecule has 0 spiro atoms. The molecule has 112 valence electrons. The third kappa shape index (κ3) is 1.38. The van der Waals surface area contributed by atoms with Crippen LogP contribution in [0.2, 0.25) is 0 Å². The van der Waals surface area contributed by atoms with E-state index in [2.05, 4.69) is 63.5 Å². The van der Waals surface area contributed by atoms with Gasteiger partial charge in [-0.1, -0.05) is 48.5 Å². The van der Waals surface area contributed by atoms with E-state index in [9.17, 15) is 0 Å². The molecule has 6 aromatic rings. The molecular weight excluding hydrogens is 296 g/mol. The van der Waals surface area contributed by atoms with Crippen molar-refractivity contribution in [3.05, 3.63) is 60.9 Å². The minimum Gasteiger partial charge on any atom is -0.342 e. The molecule has 4 heteroatoms. The molecule has 0 saturated carbocycles. The highest BCUT2D eigenvalue weighted by Crippen LogP contribution is 2.40. The molecule has 0 unspecified atom stereocenters. The molecule has 0 aliphatic carbocycles. The van der Waals surface area contributed by atoms with Gasteiger partial charge >= 0.3 is 0 Å². The minimum absolute atomic E-state index is 0.757. The van der Waals surface area contributed by atoms with Gasteiger partial charge in [-0.2, -0.15) is 0 Å². The Balaban J connectivity index is 1.93. The van der Waals surface area contributed by atoms with E-state index in [1.807, 2.05) is 6.20 Å². The molecule has 24 heavy (non-hydrogen) atoms. The van der Waals surface area contributed by atoms with Crippen LogP contribution >= 0.6 is 0 Å². The SMILES string of the molecule is c1cc2ccc3cccc4c5[nH]c(-c6ncc[nH]6)nc5c(c1)c2c34. The van der Waals surface area contributed by atoms with Gasteiger partial charge in [-0.25, -0.2) is 9.97 Å². The number of H-pyrrole nitrogens is 2. The summed E-state index contributed by atoms with van der Waals surface area (Å²) in [6.07, 6.45) is 3.56. The Bertz CT molecular complexity index is 1260. The zero-order valence-electron chi connectivity index (χ0n) is 12.7. The third-order valence-electron chi connectivity index (χ3n) is 4.84. The van der Waals surface area contributed by atoms with E-state index < -0.39 is 0 Å². The van der Waals surface area contributed by atoms with E-state index >= 15 is 0 Å². The van der Waals surface area contributed by atoms with Crippen LogP contribution in [0, 0.1) is 0 Å². The van der Waals surface area contributed by atoms with Crippen molar-refractivity contribution in [2.24, 2.45) is 0 Å². The van der Waals surface area contributed by atoms with Crippen LogP contribution in [-0.4, -0.2) is 19.9 Å². The second-order valence-electron chi connectivity index (χ2n) is 6.12. The largest absolute Gasteiger partial charge is 0.342 e. The zero-order chi connectivity index (χ0) is 15.7. The quantitative estimate of drug-likeness (QED) is 0.427. The smallest absolute Gasteiger partial charge is 0.174 e. The van der Waals surface area contributed by atoms with Crippen LogP contribution in [0.4, 0.5) is 0 Å². The van der Waals surface area contributed by atoms with Crippen LogP contribution in [0.15, 0.2) is 60.9 Å². The fourth-order valence-corrected chi connectivity index (χ4v) is 3.83. The van der Waals surface area contributed by atoms with Crippen molar-refractivity contribution in [1.29, 1.82) is 0 Å². The summed E-state index contributed by atoms with van der Waals surface area (Å²) in [6.45, 7) is 0. The predicted octanol–water partition coefficient (Wildman–Crippen LogP) is 4.85. The highest BCUT2D eigenvalue weighted by molar-refractivity contribution is 6.32. The summed E-state index contributed by atoms with van der Waals surface area (Å²) < 4.78 is 0. The molecule has 2 heterocycles. The van der Waals surface area contributed by atoms with Crippen molar-refractivity contribution in [1.82, 2.24) is 19.9 Å². The first kappa shape index (κ1) is 12.1. The second kappa shape index (κ2) is 4.11. The maximum atomic E-state index is 4.85. The first-order valence-electron chi connectivity index (χ1n) is 7.95. The summed E-state index contributed by atoms with van der Waals surface area (Å²) in [5, 5.41) is 7.48. The van der Waals surface area contributed by atoms with Crippen molar-refractivity contribution in [3.63, 3.8) is 0 Å². The van der Waals surface area contributed by atoms with Crippen molar-refractivity contribution < 1.29 is 0 Å². The number of nitrogens with one attached hydrogen (secondary N) is 2. The van der Waals surface area contributed by atoms with Crippen molar-refractivity contribution in [2.45, 2.75) is 0 Å². The van der Waals surface area contributed by atoms with Crippen molar-refractivity contribution in [3.8, 4) is 11.6 Å². The lowest BCUT2D eigenvalue weighted by atomic mass is 9.93. The van der Waals surface area contributed by atoms with Gasteiger partial charge in [0.15, 0.2) is 11.6 Å². The molecule has 0 fully saturated rings. The van der Waals surface area contributed by atoms with Crippen LogP contribution in [-0.2, 0) is 0 Å². The molecule has 0 bridgehead atoms. The van der Waals surface area contributed by atoms with Gasteiger partial charge in [-0.05, 0) is 21.5 Å². The van der Waals surface area contributed by atoms with Gasteiger partial charge in [0.2, 0.25) is 0 Å². The average Bonchev–Trinajstić information content (AvgIpc) is 3.30. The van der Waals surface area contributed by atoms with Crippen LogP contribution in [0.1, 0.15) is 0 Å². The number of rotatable bonds is 1. The maximum Gasteiger partial charge on any atom is 0.174 e. The lowest BCUT2D eigenvalue weighted by molar-refractivity contribution is 1.21. The van der Waals surface area contributed by atoms with Crippen LogP contribution in [0.25, 0.3) is 55.0 Å². The molecule has 4 nitrogen and oxygen atoms in total. The second-order valence-corrected chi connectivity index (χ2v) is 6.12. The summed E-state index contributed by atoms with van der Waals surface area (Å²) >= 11 is 0. The Morgan fingerprint density at radius 1 is 0.750 bits per heavy atom. The summed E-state index contributed by atoms with van der Waals surface area (Å²) in [6, 6.07) is 17.3. The van der Waals surface area contributed by atoms with Crippen molar-refractivity contribution in [2.75, 3.05) is 0 Å². The Morgan fingerprint density at radius 3 is 2.25 bits per heavy atom. The number of benzene rings is 4. The van der Waals surface area contributed by atoms with Gasteiger partial charge in [0.1, 0.15) is 0 Å². The lowest BCUT2D eigenvalue weighted by Gasteiger charge is -2.11. The molecule has 0 amide bonds. The molecule has 0 aliphatic rings. The Kier molecular flexibility index (Phi) is 2.07. The average molecular weight is 308 g/mol. The number of nitrogens with zero attached hydrogens (tertiary/aromatic N) is 2. The molecule has 0 atom stereocenters. The first-order chi connectivity index (χ1) is 11.9. The van der Waals surface area contributed by atoms with E-state index in [0.29, 0.717) is 0 Å². The van der Waals surface area contributed by atoms with Crippen LogP contribution in [0.3, 0.4) is 0 Å². The number of aromatic amines is 2. The summed E-state index contributed by atoms with van der Waals surface area (Å²) in [7, 11) is 0. The van der Waals surface area contributed by atoms with Gasteiger partial charge in [-0.15, -0.1) is 0 Å². The topological polar surface area (TPSA) is 57.4 Å². The van der Waals surface area contributed by atoms with Gasteiger partial charge < -0.3 is 9.97 Å². The number of hydrogen-bond donors (Lipinski definition) is 2. The first-order valence-corrected chi connectivity index (χ1v) is 7.95. The normalized spacial score (nSPS) is 12.2. The Morgan fingerprint density at radius 2 is 1.50 bits per heavy atom. The zero-order valence-corrected chi connectivity index (χ0v) is 12.7. The molecule has 2 aromatic heterocycles. The summed E-state index contributed by atoms with van der Waals surface area (Å²) in [5.41, 5.74) is 2.07. The molecule has 0 saturated heterocycles. The molecule has 4 aromatic carbocycles. The summed E-state index contributed by atoms with van der Waals surface area (Å²) in [5.74, 6) is 1.53. The van der Waals surface area contributed by atoms with E-state index in [4.69, 9.17) is 4.98 Å². The van der Waals surface area contributed by atoms with E-state index in [0.717, 1.165) is 22.7 Å². The lowest BCUT2D eigenvalue weighted by Crippen LogP contribution is -1.85. The summed E-state index contributed by atoms with van der Waals surface area (Å²) in [4.78, 5) is 15.8. The molecule has 2 N–H and O–H groups in total. The van der Waals surface area contributed by atoms with E-state index in [-0.39, 0.29) is 0 Å². The fraction of sp³-hybridized carbons (Fsp3) is 0. The standard InChI is InChI=1S/C20H12N4/c1-3-11-7-8-12-4-2-6-14-16(12)15(11)13(5-1)17-18(14)24-20(23-17)19-21-9-10-22-19/h1-10H,(H,21,22)(H,23,24). The van der Waals surface area contributed by atoms with Gasteiger partial charge in [0.25, 0.3) is 0 Å². The van der Waals surface area contributed by atoms with Crippen LogP contribution < -0.4 is 0 Å². The fourth-order valence-electron chi connectivity index (χ4n) is 3.83. The van der Waals surface area contributed by atoms with Gasteiger partial charge in [-0.3, -0.25) is 0 Å². The number of hydrogen-bond acceptors (Lipinski definition) is 2. The molecule has 6 rings (SSSR count). The molecule has 0 radical (unpaired) electrons. The molecular formula is C20H12N4. The monoisotopic (exact) mass is 308 g/mol. The highest BCUT2D eigenvalue weighted by Gasteiger charge is 2.16. The third-order valence-corrected chi connectivity index (χ3v) is 4.84. The number of fused-ring (bicyclic) bond motifs is 3. The highest BCUT2D eigenvalue weighted by atomic mass is 15.0. The van der Waals surface area contributed by atoms with Gasteiger partial charge in [0, 0.05) is 23.2 Å². The maximum absolute atomic E-state index is 4.85. The van der Waals surface area contributed by atoms with E-state index in [1.54, 1.807) is 6.20 Å². The number of aromatic nitrogens is 4. The number of imidazole rings is 2. The molecule has 0 aliphatic heterocycles. The Hall–Kier alpha value is -3.40. The van der Waals surface area contributed by atoms with Crippen LogP contribution in [0.5, 0.6) is 0 Å². The van der Waals surface area contributed by atoms with E-state index in [1.165, 1.54) is 32.3 Å². The van der Waals surface area contributed by atoms with Gasteiger partial charge in [0.05, 0.1) is 11.0 Å². The predicted molar refractivity (Wildman–Crippen MR) is 97.4 cm³/mol. The minimum atomic E-state index is 0.757. The Labute approximate surface area is 136 Å². The van der Waals surface area contributed by atoms with Crippen molar-refractivity contribution >= 4 is 43.4 Å².